The molecule has 25 heavy (non-hydrogen) atoms. The van der Waals surface area contributed by atoms with Crippen LogP contribution in [-0.4, -0.2) is 15.2 Å². The predicted octanol–water partition coefficient (Wildman–Crippen LogP) is 4.74. The Morgan fingerprint density at radius 2 is 1.72 bits per heavy atom. The molecule has 3 heterocycles. The molecule has 0 atom stereocenters. The highest BCUT2D eigenvalue weighted by Crippen LogP contribution is 2.39. The van der Waals surface area contributed by atoms with E-state index >= 15 is 0 Å². The van der Waals surface area contributed by atoms with Crippen molar-refractivity contribution in [1.29, 1.82) is 0 Å². The largest absolute Gasteiger partial charge is 0.419 e. The van der Waals surface area contributed by atoms with Crippen LogP contribution in [0.4, 0.5) is 13.2 Å². The van der Waals surface area contributed by atoms with Gasteiger partial charge in [0.1, 0.15) is 5.65 Å². The quantitative estimate of drug-likeness (QED) is 0.494. The van der Waals surface area contributed by atoms with E-state index in [1.54, 1.807) is 18.2 Å². The van der Waals surface area contributed by atoms with E-state index in [1.165, 1.54) is 53.2 Å². The van der Waals surface area contributed by atoms with Crippen LogP contribution >= 0.6 is 0 Å². The second-order valence-corrected chi connectivity index (χ2v) is 5.58. The molecule has 6 heteroatoms. The number of pyridine rings is 2. The summed E-state index contributed by atoms with van der Waals surface area (Å²) in [4.78, 5) is 17.1. The van der Waals surface area contributed by atoms with Gasteiger partial charge in [0.15, 0.2) is 5.78 Å². The lowest BCUT2D eigenvalue weighted by atomic mass is 9.95. The third kappa shape index (κ3) is 2.38. The average molecular weight is 340 g/mol. The lowest BCUT2D eigenvalue weighted by Gasteiger charge is -2.17. The highest BCUT2D eigenvalue weighted by Gasteiger charge is 2.39. The molecule has 0 bridgehead atoms. The topological polar surface area (TPSA) is 34.4 Å². The van der Waals surface area contributed by atoms with Crippen LogP contribution in [0.15, 0.2) is 67.0 Å². The van der Waals surface area contributed by atoms with Gasteiger partial charge in [-0.15, -0.1) is 0 Å². The van der Waals surface area contributed by atoms with Gasteiger partial charge >= 0.3 is 6.18 Å². The standard InChI is InChI=1S/C19H11F3N2O/c20-19(21,22)16-14-9-5-11-24(14)18-13(8-4-10-23-18)15(16)17(25)12-6-2-1-3-7-12/h1-11H. The summed E-state index contributed by atoms with van der Waals surface area (Å²) >= 11 is 0. The number of rotatable bonds is 2. The first kappa shape index (κ1) is 15.4. The molecule has 1 aromatic carbocycles. The molecule has 0 aliphatic rings. The number of benzene rings is 1. The van der Waals surface area contributed by atoms with Crippen LogP contribution in [0.25, 0.3) is 16.6 Å². The normalized spacial score (nSPS) is 12.0. The molecule has 3 nitrogen and oxygen atoms in total. The summed E-state index contributed by atoms with van der Waals surface area (Å²) in [5.41, 5.74) is -0.873. The number of fused-ring (bicyclic) bond motifs is 3. The summed E-state index contributed by atoms with van der Waals surface area (Å²) in [7, 11) is 0. The van der Waals surface area contributed by atoms with Gasteiger partial charge in [-0.2, -0.15) is 13.2 Å². The minimum Gasteiger partial charge on any atom is -0.301 e. The van der Waals surface area contributed by atoms with Crippen molar-refractivity contribution < 1.29 is 18.0 Å². The minimum atomic E-state index is -4.68. The van der Waals surface area contributed by atoms with Gasteiger partial charge in [0.25, 0.3) is 0 Å². The van der Waals surface area contributed by atoms with Crippen LogP contribution in [0, 0.1) is 0 Å². The number of aromatic nitrogens is 2. The molecule has 0 N–H and O–H groups in total. The molecule has 124 valence electrons. The Bertz CT molecular complexity index is 1100. The fourth-order valence-corrected chi connectivity index (χ4v) is 3.07. The molecule has 0 aliphatic carbocycles. The number of carbonyl (C=O) groups is 1. The average Bonchev–Trinajstić information content (AvgIpc) is 3.09. The monoisotopic (exact) mass is 340 g/mol. The van der Waals surface area contributed by atoms with E-state index < -0.39 is 17.5 Å². The van der Waals surface area contributed by atoms with Gasteiger partial charge in [0.05, 0.1) is 11.1 Å². The summed E-state index contributed by atoms with van der Waals surface area (Å²) < 4.78 is 43.0. The molecular weight excluding hydrogens is 329 g/mol. The van der Waals surface area contributed by atoms with Crippen molar-refractivity contribution in [3.8, 4) is 0 Å². The van der Waals surface area contributed by atoms with E-state index in [1.807, 2.05) is 0 Å². The van der Waals surface area contributed by atoms with Gasteiger partial charge in [-0.1, -0.05) is 30.3 Å². The maximum absolute atomic E-state index is 13.9. The smallest absolute Gasteiger partial charge is 0.301 e. The van der Waals surface area contributed by atoms with Gasteiger partial charge in [0, 0.05) is 28.9 Å². The van der Waals surface area contributed by atoms with E-state index in [9.17, 15) is 18.0 Å². The lowest BCUT2D eigenvalue weighted by Crippen LogP contribution is -2.17. The van der Waals surface area contributed by atoms with Crippen molar-refractivity contribution in [2.45, 2.75) is 6.18 Å². The minimum absolute atomic E-state index is 0.0852. The third-order valence-corrected chi connectivity index (χ3v) is 4.09. The van der Waals surface area contributed by atoms with E-state index in [0.717, 1.165) is 0 Å². The maximum Gasteiger partial charge on any atom is 0.419 e. The zero-order valence-corrected chi connectivity index (χ0v) is 12.8. The molecule has 4 aromatic rings. The van der Waals surface area contributed by atoms with E-state index in [4.69, 9.17) is 0 Å². The van der Waals surface area contributed by atoms with Crippen LogP contribution in [0.3, 0.4) is 0 Å². The van der Waals surface area contributed by atoms with E-state index in [-0.39, 0.29) is 22.0 Å². The van der Waals surface area contributed by atoms with Gasteiger partial charge < -0.3 is 4.40 Å². The molecule has 0 aliphatic heterocycles. The number of hydrogen-bond acceptors (Lipinski definition) is 2. The molecule has 3 aromatic heterocycles. The number of nitrogens with zero attached hydrogens (tertiary/aromatic N) is 2. The molecule has 0 radical (unpaired) electrons. The molecular formula is C19H11F3N2O. The van der Waals surface area contributed by atoms with Crippen molar-refractivity contribution >= 4 is 22.3 Å². The summed E-state index contributed by atoms with van der Waals surface area (Å²) in [5.74, 6) is -0.672. The Balaban J connectivity index is 2.18. The van der Waals surface area contributed by atoms with Crippen LogP contribution in [0.2, 0.25) is 0 Å². The third-order valence-electron chi connectivity index (χ3n) is 4.09. The Morgan fingerprint density at radius 1 is 0.960 bits per heavy atom. The summed E-state index contributed by atoms with van der Waals surface area (Å²) in [5, 5.41) is 0.173. The number of hydrogen-bond donors (Lipinski definition) is 0. The van der Waals surface area contributed by atoms with Crippen LogP contribution in [0.1, 0.15) is 21.5 Å². The molecule has 0 fully saturated rings. The zero-order chi connectivity index (χ0) is 17.6. The first-order chi connectivity index (χ1) is 12.0. The van der Waals surface area contributed by atoms with Gasteiger partial charge in [0.2, 0.25) is 0 Å². The number of alkyl halides is 3. The highest BCUT2D eigenvalue weighted by atomic mass is 19.4. The van der Waals surface area contributed by atoms with Crippen LogP contribution in [0.5, 0.6) is 0 Å². The first-order valence-corrected chi connectivity index (χ1v) is 7.53. The number of carbonyl (C=O) groups excluding carboxylic acids is 1. The van der Waals surface area contributed by atoms with Crippen molar-refractivity contribution in [3.05, 3.63) is 83.7 Å². The maximum atomic E-state index is 13.9. The second-order valence-electron chi connectivity index (χ2n) is 5.58. The summed E-state index contributed by atoms with van der Waals surface area (Å²) in [6.07, 6.45) is -1.67. The van der Waals surface area contributed by atoms with Gasteiger partial charge in [-0.25, -0.2) is 4.98 Å². The molecule has 0 saturated heterocycles. The molecule has 0 unspecified atom stereocenters. The van der Waals surface area contributed by atoms with Crippen molar-refractivity contribution in [2.24, 2.45) is 0 Å². The number of ketones is 1. The Labute approximate surface area is 140 Å². The highest BCUT2D eigenvalue weighted by molar-refractivity contribution is 6.18. The fourth-order valence-electron chi connectivity index (χ4n) is 3.07. The molecule has 0 saturated carbocycles. The van der Waals surface area contributed by atoms with Gasteiger partial charge in [-0.3, -0.25) is 4.79 Å². The first-order valence-electron chi connectivity index (χ1n) is 7.53. The Kier molecular flexibility index (Phi) is 3.35. The second kappa shape index (κ2) is 5.44. The molecule has 4 rings (SSSR count). The van der Waals surface area contributed by atoms with Crippen LogP contribution < -0.4 is 0 Å². The lowest BCUT2D eigenvalue weighted by molar-refractivity contribution is -0.136. The van der Waals surface area contributed by atoms with Gasteiger partial charge in [-0.05, 0) is 24.3 Å². The summed E-state index contributed by atoms with van der Waals surface area (Å²) in [6, 6.07) is 13.8. The van der Waals surface area contributed by atoms with E-state index in [0.29, 0.717) is 5.65 Å². The molecule has 0 amide bonds. The SMILES string of the molecule is O=C(c1ccccc1)c1c(C(F)(F)F)c2cccn2c2ncccc12. The van der Waals surface area contributed by atoms with Crippen molar-refractivity contribution in [3.63, 3.8) is 0 Å². The fraction of sp³-hybridized carbons (Fsp3) is 0.0526. The molecule has 0 spiro atoms. The zero-order valence-electron chi connectivity index (χ0n) is 12.8. The summed E-state index contributed by atoms with van der Waals surface area (Å²) in [6.45, 7) is 0. The van der Waals surface area contributed by atoms with E-state index in [2.05, 4.69) is 4.98 Å². The Morgan fingerprint density at radius 3 is 2.44 bits per heavy atom. The van der Waals surface area contributed by atoms with Crippen molar-refractivity contribution in [2.75, 3.05) is 0 Å². The van der Waals surface area contributed by atoms with Crippen molar-refractivity contribution in [1.82, 2.24) is 9.38 Å². The Hall–Kier alpha value is -3.15. The van der Waals surface area contributed by atoms with Crippen LogP contribution in [-0.2, 0) is 6.18 Å². The predicted molar refractivity (Wildman–Crippen MR) is 87.6 cm³/mol. The number of halogens is 3.